The average Bonchev–Trinajstić information content (AvgIpc) is 1.82. The van der Waals surface area contributed by atoms with Crippen molar-refractivity contribution in [2.45, 2.75) is 0 Å². The molecule has 0 radical (unpaired) electrons. The van der Waals surface area contributed by atoms with Crippen molar-refractivity contribution in [3.8, 4) is 0 Å². The van der Waals surface area contributed by atoms with E-state index in [0.717, 1.165) is 0 Å². The van der Waals surface area contributed by atoms with Crippen LogP contribution in [-0.2, 0) is 4.79 Å². The van der Waals surface area contributed by atoms with Gasteiger partial charge in [0.2, 0.25) is 0 Å². The molecular formula is C5H8N2O2. The van der Waals surface area contributed by atoms with E-state index in [2.05, 4.69) is 5.32 Å². The van der Waals surface area contributed by atoms with Gasteiger partial charge in [-0.1, -0.05) is 0 Å². The van der Waals surface area contributed by atoms with Gasteiger partial charge in [0.1, 0.15) is 5.71 Å². The average molecular weight is 128 g/mol. The van der Waals surface area contributed by atoms with Crippen molar-refractivity contribution < 1.29 is 9.90 Å². The SMILES string of the molecule is CN/C=C\C(=N)C(=O)O. The number of carbonyl (C=O) groups is 1. The molecule has 0 unspecified atom stereocenters. The molecule has 9 heavy (non-hydrogen) atoms. The fourth-order valence-electron chi connectivity index (χ4n) is 0.238. The first-order valence-corrected chi connectivity index (χ1v) is 2.34. The van der Waals surface area contributed by atoms with Gasteiger partial charge in [-0.05, 0) is 12.3 Å². The smallest absolute Gasteiger partial charge is 0.353 e. The molecule has 50 valence electrons. The van der Waals surface area contributed by atoms with Crippen LogP contribution in [0.5, 0.6) is 0 Å². The van der Waals surface area contributed by atoms with Crippen LogP contribution in [0.25, 0.3) is 0 Å². The molecule has 0 aromatic carbocycles. The summed E-state index contributed by atoms with van der Waals surface area (Å²) in [4.78, 5) is 9.90. The van der Waals surface area contributed by atoms with Crippen molar-refractivity contribution in [1.82, 2.24) is 5.32 Å². The summed E-state index contributed by atoms with van der Waals surface area (Å²) in [6, 6.07) is 0. The molecule has 0 aliphatic rings. The molecule has 0 aromatic heterocycles. The standard InChI is InChI=1S/C5H8N2O2/c1-7-3-2-4(6)5(8)9/h2-3,6-7H,1H3,(H,8,9)/b3-2-,6-4?. The van der Waals surface area contributed by atoms with E-state index in [9.17, 15) is 4.79 Å². The Balaban J connectivity index is 3.77. The lowest BCUT2D eigenvalue weighted by molar-refractivity contribution is -0.129. The maximum Gasteiger partial charge on any atom is 0.353 e. The van der Waals surface area contributed by atoms with E-state index in [1.165, 1.54) is 12.3 Å². The van der Waals surface area contributed by atoms with Crippen molar-refractivity contribution >= 4 is 11.7 Å². The Labute approximate surface area is 52.7 Å². The maximum absolute atomic E-state index is 9.90. The summed E-state index contributed by atoms with van der Waals surface area (Å²) in [5.74, 6) is -1.22. The van der Waals surface area contributed by atoms with Gasteiger partial charge < -0.3 is 10.4 Å². The Morgan fingerprint density at radius 1 is 1.78 bits per heavy atom. The molecule has 0 rings (SSSR count). The van der Waals surface area contributed by atoms with Gasteiger partial charge in [0, 0.05) is 7.05 Å². The second kappa shape index (κ2) is 3.65. The van der Waals surface area contributed by atoms with Crippen LogP contribution in [0, 0.1) is 5.41 Å². The van der Waals surface area contributed by atoms with Crippen LogP contribution in [0.3, 0.4) is 0 Å². The highest BCUT2D eigenvalue weighted by Gasteiger charge is 1.98. The molecule has 0 heterocycles. The molecule has 0 aliphatic heterocycles. The van der Waals surface area contributed by atoms with Gasteiger partial charge in [0.05, 0.1) is 0 Å². The van der Waals surface area contributed by atoms with Gasteiger partial charge in [0.25, 0.3) is 0 Å². The minimum atomic E-state index is -1.22. The van der Waals surface area contributed by atoms with Crippen molar-refractivity contribution in [1.29, 1.82) is 5.41 Å². The number of hydrogen-bond donors (Lipinski definition) is 3. The number of carboxylic acids is 1. The zero-order valence-electron chi connectivity index (χ0n) is 5.01. The quantitative estimate of drug-likeness (QED) is 0.462. The van der Waals surface area contributed by atoms with Crippen LogP contribution < -0.4 is 5.32 Å². The van der Waals surface area contributed by atoms with E-state index in [1.807, 2.05) is 0 Å². The Morgan fingerprint density at radius 3 is 2.67 bits per heavy atom. The van der Waals surface area contributed by atoms with Gasteiger partial charge in [0.15, 0.2) is 0 Å². The third-order valence-electron chi connectivity index (χ3n) is 0.647. The minimum Gasteiger partial charge on any atom is -0.477 e. The largest absolute Gasteiger partial charge is 0.477 e. The molecule has 0 aromatic rings. The lowest BCUT2D eigenvalue weighted by Gasteiger charge is -1.86. The van der Waals surface area contributed by atoms with Gasteiger partial charge in [-0.3, -0.25) is 5.41 Å². The van der Waals surface area contributed by atoms with E-state index < -0.39 is 11.7 Å². The van der Waals surface area contributed by atoms with Gasteiger partial charge in [-0.2, -0.15) is 0 Å². The first-order valence-electron chi connectivity index (χ1n) is 2.34. The van der Waals surface area contributed by atoms with Crippen LogP contribution in [0.15, 0.2) is 12.3 Å². The predicted molar refractivity (Wildman–Crippen MR) is 33.6 cm³/mol. The molecule has 0 bridgehead atoms. The maximum atomic E-state index is 9.90. The molecule has 4 heteroatoms. The Hall–Kier alpha value is -1.32. The normalized spacial score (nSPS) is 9.44. The molecule has 0 saturated carbocycles. The molecular weight excluding hydrogens is 120 g/mol. The van der Waals surface area contributed by atoms with Gasteiger partial charge in [-0.15, -0.1) is 0 Å². The van der Waals surface area contributed by atoms with E-state index in [4.69, 9.17) is 10.5 Å². The summed E-state index contributed by atoms with van der Waals surface area (Å²) in [7, 11) is 1.63. The van der Waals surface area contributed by atoms with Crippen LogP contribution in [0.4, 0.5) is 0 Å². The van der Waals surface area contributed by atoms with E-state index in [-0.39, 0.29) is 0 Å². The number of rotatable bonds is 3. The summed E-state index contributed by atoms with van der Waals surface area (Å²) in [5.41, 5.74) is -0.427. The second-order valence-corrected chi connectivity index (χ2v) is 1.34. The van der Waals surface area contributed by atoms with Crippen LogP contribution >= 0.6 is 0 Å². The van der Waals surface area contributed by atoms with Crippen molar-refractivity contribution in [2.75, 3.05) is 7.05 Å². The third kappa shape index (κ3) is 3.28. The summed E-state index contributed by atoms with van der Waals surface area (Å²) >= 11 is 0. The van der Waals surface area contributed by atoms with E-state index in [1.54, 1.807) is 7.05 Å². The fraction of sp³-hybridized carbons (Fsp3) is 0.200. The van der Waals surface area contributed by atoms with Crippen LogP contribution in [0.1, 0.15) is 0 Å². The molecule has 0 fully saturated rings. The summed E-state index contributed by atoms with van der Waals surface area (Å²) in [6.45, 7) is 0. The summed E-state index contributed by atoms with van der Waals surface area (Å²) in [5, 5.41) is 17.4. The molecule has 0 saturated heterocycles. The number of hydrogen-bond acceptors (Lipinski definition) is 3. The van der Waals surface area contributed by atoms with Crippen LogP contribution in [0.2, 0.25) is 0 Å². The third-order valence-corrected chi connectivity index (χ3v) is 0.647. The highest BCUT2D eigenvalue weighted by molar-refractivity contribution is 6.38. The highest BCUT2D eigenvalue weighted by Crippen LogP contribution is 1.74. The zero-order chi connectivity index (χ0) is 7.28. The minimum absolute atomic E-state index is 0.427. The predicted octanol–water partition coefficient (Wildman–Crippen LogP) is -0.176. The molecule has 0 aliphatic carbocycles. The molecule has 0 amide bonds. The molecule has 0 spiro atoms. The summed E-state index contributed by atoms with van der Waals surface area (Å²) < 4.78 is 0. The van der Waals surface area contributed by atoms with Crippen molar-refractivity contribution in [3.63, 3.8) is 0 Å². The first-order chi connectivity index (χ1) is 4.18. The lowest BCUT2D eigenvalue weighted by Crippen LogP contribution is -2.08. The number of aliphatic carboxylic acids is 1. The highest BCUT2D eigenvalue weighted by atomic mass is 16.4. The molecule has 3 N–H and O–H groups in total. The monoisotopic (exact) mass is 128 g/mol. The van der Waals surface area contributed by atoms with E-state index >= 15 is 0 Å². The molecule has 0 atom stereocenters. The lowest BCUT2D eigenvalue weighted by atomic mass is 10.4. The summed E-state index contributed by atoms with van der Waals surface area (Å²) in [6.07, 6.45) is 2.55. The first kappa shape index (κ1) is 7.68. The fourth-order valence-corrected chi connectivity index (χ4v) is 0.238. The van der Waals surface area contributed by atoms with Gasteiger partial charge >= 0.3 is 5.97 Å². The zero-order valence-corrected chi connectivity index (χ0v) is 5.01. The van der Waals surface area contributed by atoms with Gasteiger partial charge in [-0.25, -0.2) is 4.79 Å². The Morgan fingerprint density at radius 2 is 2.33 bits per heavy atom. The van der Waals surface area contributed by atoms with Crippen molar-refractivity contribution in [2.24, 2.45) is 0 Å². The number of carboxylic acid groups (broad SMARTS) is 1. The van der Waals surface area contributed by atoms with E-state index in [0.29, 0.717) is 0 Å². The Kier molecular flexibility index (Phi) is 3.12. The molecule has 4 nitrogen and oxygen atoms in total. The van der Waals surface area contributed by atoms with Crippen LogP contribution in [-0.4, -0.2) is 23.8 Å². The number of nitrogens with one attached hydrogen (secondary N) is 2. The second-order valence-electron chi connectivity index (χ2n) is 1.34. The Bertz CT molecular complexity index is 151. The topological polar surface area (TPSA) is 73.2 Å². The van der Waals surface area contributed by atoms with Crippen molar-refractivity contribution in [3.05, 3.63) is 12.3 Å².